The monoisotopic (exact) mass is 186 g/mol. The number of ether oxygens (including phenoxy) is 2. The Kier molecular flexibility index (Phi) is 3.00. The van der Waals surface area contributed by atoms with Crippen molar-refractivity contribution >= 4 is 17.7 Å². The summed E-state index contributed by atoms with van der Waals surface area (Å²) < 4.78 is 9.27. The third-order valence-corrected chi connectivity index (χ3v) is 1.55. The Labute approximate surface area is 75.0 Å². The minimum atomic E-state index is -0.813. The van der Waals surface area contributed by atoms with E-state index < -0.39 is 18.0 Å². The summed E-state index contributed by atoms with van der Waals surface area (Å²) in [4.78, 5) is 32.2. The van der Waals surface area contributed by atoms with Crippen molar-refractivity contribution in [3.8, 4) is 0 Å². The Bertz CT molecular complexity index is 245. The molecule has 0 amide bonds. The number of rotatable bonds is 3. The van der Waals surface area contributed by atoms with Crippen molar-refractivity contribution in [3.63, 3.8) is 0 Å². The zero-order valence-electron chi connectivity index (χ0n) is 7.24. The van der Waals surface area contributed by atoms with E-state index >= 15 is 0 Å². The zero-order chi connectivity index (χ0) is 9.84. The van der Waals surface area contributed by atoms with Gasteiger partial charge in [-0.1, -0.05) is 0 Å². The molecule has 1 unspecified atom stereocenters. The summed E-state index contributed by atoms with van der Waals surface area (Å²) in [5.74, 6) is -1.48. The van der Waals surface area contributed by atoms with Crippen LogP contribution in [0, 0.1) is 0 Å². The molecule has 1 heterocycles. The Morgan fingerprint density at radius 3 is 2.77 bits per heavy atom. The highest BCUT2D eigenvalue weighted by molar-refractivity contribution is 5.95. The first-order valence-corrected chi connectivity index (χ1v) is 3.95. The molecule has 13 heavy (non-hydrogen) atoms. The van der Waals surface area contributed by atoms with Gasteiger partial charge in [0.2, 0.25) is 6.10 Å². The molecule has 1 aliphatic rings. The number of ketones is 1. The minimum Gasteiger partial charge on any atom is -0.463 e. The molecule has 0 aromatic heterocycles. The topological polar surface area (TPSA) is 69.7 Å². The molecule has 1 fully saturated rings. The average Bonchev–Trinajstić information content (AvgIpc) is 2.34. The van der Waals surface area contributed by atoms with Crippen LogP contribution in [-0.4, -0.2) is 30.4 Å². The molecule has 0 spiro atoms. The number of Topliss-reactive ketones (excluding diaryl/α,β-unsaturated/α-hetero) is 1. The summed E-state index contributed by atoms with van der Waals surface area (Å²) in [6, 6.07) is 0. The van der Waals surface area contributed by atoms with Gasteiger partial charge >= 0.3 is 11.9 Å². The van der Waals surface area contributed by atoms with E-state index in [4.69, 9.17) is 4.74 Å². The van der Waals surface area contributed by atoms with E-state index in [-0.39, 0.29) is 18.8 Å². The fourth-order valence-electron chi connectivity index (χ4n) is 0.988. The summed E-state index contributed by atoms with van der Waals surface area (Å²) in [6.07, 6.45) is -0.724. The van der Waals surface area contributed by atoms with Gasteiger partial charge in [0.25, 0.3) is 0 Å². The van der Waals surface area contributed by atoms with E-state index in [1.165, 1.54) is 6.92 Å². The van der Waals surface area contributed by atoms with Crippen LogP contribution in [0.4, 0.5) is 0 Å². The molecule has 0 aromatic rings. The Morgan fingerprint density at radius 2 is 2.31 bits per heavy atom. The van der Waals surface area contributed by atoms with Crippen LogP contribution < -0.4 is 0 Å². The lowest BCUT2D eigenvalue weighted by Gasteiger charge is -2.06. The van der Waals surface area contributed by atoms with Gasteiger partial charge < -0.3 is 9.47 Å². The molecular formula is C8H10O5. The van der Waals surface area contributed by atoms with E-state index in [1.807, 2.05) is 0 Å². The van der Waals surface area contributed by atoms with Crippen molar-refractivity contribution < 1.29 is 23.9 Å². The smallest absolute Gasteiger partial charge is 0.347 e. The molecule has 0 aliphatic carbocycles. The highest BCUT2D eigenvalue weighted by Gasteiger charge is 2.30. The van der Waals surface area contributed by atoms with Crippen molar-refractivity contribution in [2.45, 2.75) is 25.9 Å². The molecule has 1 saturated heterocycles. The summed E-state index contributed by atoms with van der Waals surface area (Å²) in [6.45, 7) is 1.56. The van der Waals surface area contributed by atoms with E-state index in [0.29, 0.717) is 6.42 Å². The van der Waals surface area contributed by atoms with Crippen molar-refractivity contribution in [1.82, 2.24) is 0 Å². The zero-order valence-corrected chi connectivity index (χ0v) is 7.24. The van der Waals surface area contributed by atoms with Gasteiger partial charge in [0.15, 0.2) is 0 Å². The lowest BCUT2D eigenvalue weighted by Crippen LogP contribution is -2.23. The Morgan fingerprint density at radius 1 is 1.62 bits per heavy atom. The van der Waals surface area contributed by atoms with Gasteiger partial charge in [-0.05, 0) is 6.92 Å². The fourth-order valence-corrected chi connectivity index (χ4v) is 0.988. The normalized spacial score (nSPS) is 21.0. The van der Waals surface area contributed by atoms with Gasteiger partial charge in [0.05, 0.1) is 6.61 Å². The molecule has 1 aliphatic heterocycles. The predicted octanol–water partition coefficient (Wildman–Crippen LogP) is -0.176. The molecule has 72 valence electrons. The molecular weight excluding hydrogens is 176 g/mol. The fraction of sp³-hybridized carbons (Fsp3) is 0.625. The van der Waals surface area contributed by atoms with Crippen LogP contribution >= 0.6 is 0 Å². The predicted molar refractivity (Wildman–Crippen MR) is 40.8 cm³/mol. The van der Waals surface area contributed by atoms with E-state index in [2.05, 4.69) is 4.74 Å². The quantitative estimate of drug-likeness (QED) is 0.452. The second-order valence-electron chi connectivity index (χ2n) is 2.81. The number of hydrogen-bond donors (Lipinski definition) is 0. The molecule has 5 heteroatoms. The van der Waals surface area contributed by atoms with Crippen LogP contribution in [0.3, 0.4) is 0 Å². The van der Waals surface area contributed by atoms with E-state index in [0.717, 1.165) is 0 Å². The Hall–Kier alpha value is -1.39. The first kappa shape index (κ1) is 9.70. The summed E-state index contributed by atoms with van der Waals surface area (Å²) in [7, 11) is 0. The molecule has 0 aromatic carbocycles. The summed E-state index contributed by atoms with van der Waals surface area (Å²) >= 11 is 0. The van der Waals surface area contributed by atoms with Gasteiger partial charge in [0.1, 0.15) is 12.2 Å². The van der Waals surface area contributed by atoms with Crippen LogP contribution in [0.1, 0.15) is 19.8 Å². The third kappa shape index (κ3) is 2.85. The number of cyclic esters (lactones) is 1. The summed E-state index contributed by atoms with van der Waals surface area (Å²) in [5.41, 5.74) is 0. The van der Waals surface area contributed by atoms with Crippen molar-refractivity contribution in [2.24, 2.45) is 0 Å². The Balaban J connectivity index is 2.35. The second-order valence-corrected chi connectivity index (χ2v) is 2.81. The molecule has 0 N–H and O–H groups in total. The maximum atomic E-state index is 10.9. The number of hydrogen-bond acceptors (Lipinski definition) is 5. The van der Waals surface area contributed by atoms with Gasteiger partial charge in [-0.15, -0.1) is 0 Å². The van der Waals surface area contributed by atoms with Gasteiger partial charge in [-0.25, -0.2) is 4.79 Å². The molecule has 5 nitrogen and oxygen atoms in total. The van der Waals surface area contributed by atoms with Crippen LogP contribution in [0.5, 0.6) is 0 Å². The molecule has 1 rings (SSSR count). The van der Waals surface area contributed by atoms with Crippen molar-refractivity contribution in [1.29, 1.82) is 0 Å². The van der Waals surface area contributed by atoms with E-state index in [1.54, 1.807) is 0 Å². The maximum absolute atomic E-state index is 10.9. The average molecular weight is 186 g/mol. The number of esters is 2. The first-order chi connectivity index (χ1) is 6.09. The lowest BCUT2D eigenvalue weighted by molar-refractivity contribution is -0.160. The number of carbonyl (C=O) groups excluding carboxylic acids is 3. The van der Waals surface area contributed by atoms with E-state index in [9.17, 15) is 14.4 Å². The molecule has 0 bridgehead atoms. The first-order valence-electron chi connectivity index (χ1n) is 3.95. The highest BCUT2D eigenvalue weighted by atomic mass is 16.6. The minimum absolute atomic E-state index is 0.275. The van der Waals surface area contributed by atoms with Gasteiger partial charge in [-0.2, -0.15) is 0 Å². The lowest BCUT2D eigenvalue weighted by atomic mass is 10.3. The maximum Gasteiger partial charge on any atom is 0.347 e. The van der Waals surface area contributed by atoms with Crippen LogP contribution in [0.15, 0.2) is 0 Å². The second kappa shape index (κ2) is 4.02. The standard InChI is InChI=1S/C8H10O5/c1-5(9)4-7(10)13-6-2-3-12-8(6)11/h6H,2-4H2,1H3. The van der Waals surface area contributed by atoms with Crippen molar-refractivity contribution in [2.75, 3.05) is 6.61 Å². The molecule has 1 atom stereocenters. The van der Waals surface area contributed by atoms with Gasteiger partial charge in [0, 0.05) is 6.42 Å². The largest absolute Gasteiger partial charge is 0.463 e. The van der Waals surface area contributed by atoms with Crippen LogP contribution in [0.2, 0.25) is 0 Å². The van der Waals surface area contributed by atoms with Crippen LogP contribution in [0.25, 0.3) is 0 Å². The van der Waals surface area contributed by atoms with Crippen molar-refractivity contribution in [3.05, 3.63) is 0 Å². The SMILES string of the molecule is CC(=O)CC(=O)OC1CCOC1=O. The summed E-state index contributed by atoms with van der Waals surface area (Å²) in [5, 5.41) is 0. The van der Waals surface area contributed by atoms with Gasteiger partial charge in [-0.3, -0.25) is 9.59 Å². The third-order valence-electron chi connectivity index (χ3n) is 1.55. The van der Waals surface area contributed by atoms with Crippen LogP contribution in [-0.2, 0) is 23.9 Å². The number of carbonyl (C=O) groups is 3. The highest BCUT2D eigenvalue weighted by Crippen LogP contribution is 2.10. The molecule has 0 saturated carbocycles. The molecule has 0 radical (unpaired) electrons.